The second-order valence-electron chi connectivity index (χ2n) is 4.22. The zero-order valence-corrected chi connectivity index (χ0v) is 9.18. The zero-order valence-electron chi connectivity index (χ0n) is 9.18. The van der Waals surface area contributed by atoms with Gasteiger partial charge in [-0.05, 0) is 31.0 Å². The Kier molecular flexibility index (Phi) is 2.26. The molecule has 3 N–H and O–H groups in total. The third-order valence-electron chi connectivity index (χ3n) is 2.96. The third-order valence-corrected chi connectivity index (χ3v) is 2.96. The normalized spacial score (nSPS) is 14.9. The van der Waals surface area contributed by atoms with E-state index in [4.69, 9.17) is 5.84 Å². The molecule has 0 radical (unpaired) electrons. The Hall–Kier alpha value is -2.01. The highest BCUT2D eigenvalue weighted by atomic mass is 16.2. The molecule has 0 saturated heterocycles. The van der Waals surface area contributed by atoms with Crippen molar-refractivity contribution in [1.29, 1.82) is 0 Å². The molecule has 2 aromatic heterocycles. The Morgan fingerprint density at radius 3 is 3.00 bits per heavy atom. The number of nitrogens with zero attached hydrogens (tertiary/aromatic N) is 2. The molecular formula is C12H12N4O. The first-order chi connectivity index (χ1) is 8.29. The number of hydrazine groups is 1. The predicted molar refractivity (Wildman–Crippen MR) is 63.2 cm³/mol. The van der Waals surface area contributed by atoms with Crippen molar-refractivity contribution in [2.45, 2.75) is 18.8 Å². The number of fused-ring (bicyclic) bond motifs is 1. The van der Waals surface area contributed by atoms with Gasteiger partial charge in [0.2, 0.25) is 0 Å². The lowest BCUT2D eigenvalue weighted by Crippen LogP contribution is -2.31. The minimum Gasteiger partial charge on any atom is -0.290 e. The Labute approximate surface area is 98.0 Å². The van der Waals surface area contributed by atoms with Gasteiger partial charge in [0.25, 0.3) is 5.91 Å². The number of nitrogens with two attached hydrogens (primary N) is 1. The van der Waals surface area contributed by atoms with Crippen molar-refractivity contribution in [1.82, 2.24) is 15.4 Å². The van der Waals surface area contributed by atoms with Crippen LogP contribution in [0.2, 0.25) is 0 Å². The Morgan fingerprint density at radius 2 is 2.29 bits per heavy atom. The second kappa shape index (κ2) is 3.78. The van der Waals surface area contributed by atoms with Gasteiger partial charge >= 0.3 is 0 Å². The number of carbonyl (C=O) groups is 1. The number of hydrogen-bond acceptors (Lipinski definition) is 4. The van der Waals surface area contributed by atoms with Crippen molar-refractivity contribution in [3.05, 3.63) is 35.7 Å². The Bertz CT molecular complexity index is 592. The molecule has 2 heterocycles. The first-order valence-electron chi connectivity index (χ1n) is 5.56. The SMILES string of the molecule is NNC(=O)c1cc2cccnc2nc1C1CC1. The fourth-order valence-electron chi connectivity index (χ4n) is 1.95. The van der Waals surface area contributed by atoms with E-state index in [1.807, 2.05) is 18.2 Å². The van der Waals surface area contributed by atoms with Crippen molar-refractivity contribution in [3.8, 4) is 0 Å². The van der Waals surface area contributed by atoms with Gasteiger partial charge in [0.15, 0.2) is 5.65 Å². The average molecular weight is 228 g/mol. The maximum atomic E-state index is 11.7. The standard InChI is InChI=1S/C12H12N4O/c13-16-12(17)9-6-8-2-1-5-14-11(8)15-10(9)7-3-4-7/h1-2,5-7H,3-4,13H2,(H,16,17). The summed E-state index contributed by atoms with van der Waals surface area (Å²) in [4.78, 5) is 20.4. The summed E-state index contributed by atoms with van der Waals surface area (Å²) in [5.74, 6) is 5.29. The first-order valence-corrected chi connectivity index (χ1v) is 5.56. The summed E-state index contributed by atoms with van der Waals surface area (Å²) in [5.41, 5.74) is 4.24. The molecule has 1 fully saturated rings. The summed E-state index contributed by atoms with van der Waals surface area (Å²) < 4.78 is 0. The van der Waals surface area contributed by atoms with Crippen LogP contribution in [0.15, 0.2) is 24.4 Å². The van der Waals surface area contributed by atoms with Gasteiger partial charge < -0.3 is 0 Å². The van der Waals surface area contributed by atoms with E-state index in [9.17, 15) is 4.79 Å². The molecule has 5 heteroatoms. The number of nitrogen functional groups attached to an aromatic ring is 1. The van der Waals surface area contributed by atoms with Crippen LogP contribution >= 0.6 is 0 Å². The van der Waals surface area contributed by atoms with Crippen LogP contribution < -0.4 is 11.3 Å². The first kappa shape index (κ1) is 10.2. The van der Waals surface area contributed by atoms with Crippen LogP contribution in [0.5, 0.6) is 0 Å². The van der Waals surface area contributed by atoms with Crippen LogP contribution in [0.3, 0.4) is 0 Å². The Morgan fingerprint density at radius 1 is 1.47 bits per heavy atom. The fourth-order valence-corrected chi connectivity index (χ4v) is 1.95. The molecule has 0 unspecified atom stereocenters. The molecule has 1 amide bonds. The van der Waals surface area contributed by atoms with Gasteiger partial charge in [-0.3, -0.25) is 10.2 Å². The lowest BCUT2D eigenvalue weighted by atomic mass is 10.1. The highest BCUT2D eigenvalue weighted by molar-refractivity contribution is 5.98. The smallest absolute Gasteiger partial charge is 0.267 e. The van der Waals surface area contributed by atoms with Crippen LogP contribution in [-0.4, -0.2) is 15.9 Å². The van der Waals surface area contributed by atoms with Crippen LogP contribution in [0.25, 0.3) is 11.0 Å². The topological polar surface area (TPSA) is 80.9 Å². The van der Waals surface area contributed by atoms with E-state index in [-0.39, 0.29) is 5.91 Å². The second-order valence-corrected chi connectivity index (χ2v) is 4.22. The van der Waals surface area contributed by atoms with E-state index in [0.717, 1.165) is 23.9 Å². The van der Waals surface area contributed by atoms with E-state index in [1.54, 1.807) is 6.20 Å². The molecule has 17 heavy (non-hydrogen) atoms. The molecule has 3 rings (SSSR count). The molecule has 1 aliphatic rings. The van der Waals surface area contributed by atoms with Crippen molar-refractivity contribution in [3.63, 3.8) is 0 Å². The molecule has 0 bridgehead atoms. The molecule has 2 aromatic rings. The van der Waals surface area contributed by atoms with Crippen molar-refractivity contribution < 1.29 is 4.79 Å². The number of amides is 1. The molecule has 86 valence electrons. The summed E-state index contributed by atoms with van der Waals surface area (Å²) >= 11 is 0. The number of aromatic nitrogens is 2. The van der Waals surface area contributed by atoms with Gasteiger partial charge in [0, 0.05) is 17.5 Å². The fraction of sp³-hybridized carbons (Fsp3) is 0.250. The number of rotatable bonds is 2. The van der Waals surface area contributed by atoms with Gasteiger partial charge in [-0.25, -0.2) is 15.8 Å². The molecule has 5 nitrogen and oxygen atoms in total. The monoisotopic (exact) mass is 228 g/mol. The third kappa shape index (κ3) is 1.74. The summed E-state index contributed by atoms with van der Waals surface area (Å²) in [6.45, 7) is 0. The van der Waals surface area contributed by atoms with E-state index >= 15 is 0 Å². The van der Waals surface area contributed by atoms with E-state index < -0.39 is 0 Å². The lowest BCUT2D eigenvalue weighted by Gasteiger charge is -2.07. The summed E-state index contributed by atoms with van der Waals surface area (Å²) in [6.07, 6.45) is 3.86. The Balaban J connectivity index is 2.23. The predicted octanol–water partition coefficient (Wildman–Crippen LogP) is 1.11. The summed E-state index contributed by atoms with van der Waals surface area (Å²) in [5, 5.41) is 0.857. The maximum absolute atomic E-state index is 11.7. The highest BCUT2D eigenvalue weighted by Gasteiger charge is 2.30. The van der Waals surface area contributed by atoms with Crippen LogP contribution in [-0.2, 0) is 0 Å². The van der Waals surface area contributed by atoms with Crippen molar-refractivity contribution in [2.75, 3.05) is 0 Å². The van der Waals surface area contributed by atoms with Crippen molar-refractivity contribution in [2.24, 2.45) is 5.84 Å². The molecule has 1 saturated carbocycles. The van der Waals surface area contributed by atoms with Gasteiger partial charge in [0.1, 0.15) is 0 Å². The number of carbonyl (C=O) groups excluding carboxylic acids is 1. The van der Waals surface area contributed by atoms with Gasteiger partial charge in [-0.15, -0.1) is 0 Å². The van der Waals surface area contributed by atoms with Crippen LogP contribution in [0.4, 0.5) is 0 Å². The van der Waals surface area contributed by atoms with E-state index in [2.05, 4.69) is 15.4 Å². The van der Waals surface area contributed by atoms with Crippen LogP contribution in [0.1, 0.15) is 34.8 Å². The average Bonchev–Trinajstić information content (AvgIpc) is 3.20. The van der Waals surface area contributed by atoms with Gasteiger partial charge in [-0.2, -0.15) is 0 Å². The molecule has 1 aliphatic carbocycles. The number of hydrogen-bond donors (Lipinski definition) is 2. The summed E-state index contributed by atoms with van der Waals surface area (Å²) in [7, 11) is 0. The quantitative estimate of drug-likeness (QED) is 0.458. The molecule has 0 aromatic carbocycles. The molecular weight excluding hydrogens is 216 g/mol. The largest absolute Gasteiger partial charge is 0.290 e. The van der Waals surface area contributed by atoms with Crippen molar-refractivity contribution >= 4 is 16.9 Å². The van der Waals surface area contributed by atoms with E-state index in [0.29, 0.717) is 17.1 Å². The van der Waals surface area contributed by atoms with E-state index in [1.165, 1.54) is 0 Å². The van der Waals surface area contributed by atoms with Gasteiger partial charge in [0.05, 0.1) is 11.3 Å². The molecule has 0 spiro atoms. The summed E-state index contributed by atoms with van der Waals surface area (Å²) in [6, 6.07) is 5.52. The highest BCUT2D eigenvalue weighted by Crippen LogP contribution is 2.41. The number of nitrogens with one attached hydrogen (secondary N) is 1. The minimum atomic E-state index is -0.287. The van der Waals surface area contributed by atoms with Gasteiger partial charge in [-0.1, -0.05) is 0 Å². The number of pyridine rings is 2. The molecule has 0 atom stereocenters. The zero-order chi connectivity index (χ0) is 11.8. The maximum Gasteiger partial charge on any atom is 0.267 e. The lowest BCUT2D eigenvalue weighted by molar-refractivity contribution is 0.0952. The minimum absolute atomic E-state index is 0.287. The van der Waals surface area contributed by atoms with Crippen LogP contribution in [0, 0.1) is 0 Å². The molecule has 0 aliphatic heterocycles.